The molecule has 0 atom stereocenters. The Hall–Kier alpha value is -2.30. The molecular weight excluding hydrogens is 218 g/mol. The van der Waals surface area contributed by atoms with Gasteiger partial charge in [-0.3, -0.25) is 9.36 Å². The molecule has 0 unspecified atom stereocenters. The highest BCUT2D eigenvalue weighted by Crippen LogP contribution is 2.11. The first-order chi connectivity index (χ1) is 8.22. The van der Waals surface area contributed by atoms with Gasteiger partial charge in [0.25, 0.3) is 5.56 Å². The molecule has 2 aromatic rings. The fraction of sp³-hybridized carbons (Fsp3) is 0.167. The van der Waals surface area contributed by atoms with Gasteiger partial charge in [-0.05, 0) is 31.2 Å². The molecule has 17 heavy (non-hydrogen) atoms. The molecule has 0 spiro atoms. The number of rotatable bonds is 3. The van der Waals surface area contributed by atoms with E-state index in [1.54, 1.807) is 36.7 Å². The predicted molar refractivity (Wildman–Crippen MR) is 65.4 cm³/mol. The van der Waals surface area contributed by atoms with Crippen molar-refractivity contribution in [1.82, 2.24) is 9.55 Å². The third-order valence-electron chi connectivity index (χ3n) is 2.26. The molecule has 0 aliphatic carbocycles. The van der Waals surface area contributed by atoms with E-state index in [4.69, 9.17) is 10.5 Å². The normalized spacial score (nSPS) is 10.2. The summed E-state index contributed by atoms with van der Waals surface area (Å²) in [6.45, 7) is 2.48. The fourth-order valence-corrected chi connectivity index (χ4v) is 1.46. The van der Waals surface area contributed by atoms with E-state index < -0.39 is 0 Å². The molecular formula is C12H13N3O2. The summed E-state index contributed by atoms with van der Waals surface area (Å²) in [6.07, 6.45) is 3.20. The Labute approximate surface area is 98.5 Å². The number of ether oxygens (including phenoxy) is 1. The lowest BCUT2D eigenvalue weighted by atomic mass is 10.4. The highest BCUT2D eigenvalue weighted by Gasteiger charge is 2.03. The third kappa shape index (κ3) is 2.28. The average molecular weight is 231 g/mol. The van der Waals surface area contributed by atoms with Crippen LogP contribution in [0, 0.1) is 0 Å². The molecule has 0 aliphatic rings. The summed E-state index contributed by atoms with van der Waals surface area (Å²) >= 11 is 0. The second-order valence-electron chi connectivity index (χ2n) is 3.42. The molecule has 2 rings (SSSR count). The van der Waals surface area contributed by atoms with Gasteiger partial charge in [0, 0.05) is 6.20 Å². The number of nitrogen functional groups attached to an aromatic ring is 1. The molecule has 0 bridgehead atoms. The molecule has 5 nitrogen and oxygen atoms in total. The van der Waals surface area contributed by atoms with Crippen LogP contribution in [0.2, 0.25) is 0 Å². The molecule has 0 amide bonds. The molecule has 2 aromatic heterocycles. The Balaban J connectivity index is 2.40. The van der Waals surface area contributed by atoms with Crippen molar-refractivity contribution in [3.05, 3.63) is 47.0 Å². The Morgan fingerprint density at radius 3 is 2.88 bits per heavy atom. The molecule has 0 aliphatic heterocycles. The van der Waals surface area contributed by atoms with Crippen molar-refractivity contribution in [3.63, 3.8) is 0 Å². The summed E-state index contributed by atoms with van der Waals surface area (Å²) in [5.41, 5.74) is 5.47. The number of hydrogen-bond donors (Lipinski definition) is 1. The second-order valence-corrected chi connectivity index (χ2v) is 3.42. The molecule has 2 heterocycles. The van der Waals surface area contributed by atoms with E-state index in [-0.39, 0.29) is 11.2 Å². The standard InChI is InChI=1S/C12H13N3O2/c1-2-17-9-5-6-11(14-8-9)15-7-3-4-10(13)12(15)16/h3-8H,2,13H2,1H3. The SMILES string of the molecule is CCOc1ccc(-n2cccc(N)c2=O)nc1. The van der Waals surface area contributed by atoms with Crippen LogP contribution in [0.5, 0.6) is 5.75 Å². The van der Waals surface area contributed by atoms with Crippen LogP contribution in [0.1, 0.15) is 6.92 Å². The van der Waals surface area contributed by atoms with Gasteiger partial charge in [0.2, 0.25) is 0 Å². The first-order valence-electron chi connectivity index (χ1n) is 5.28. The van der Waals surface area contributed by atoms with E-state index in [9.17, 15) is 4.79 Å². The van der Waals surface area contributed by atoms with Crippen molar-refractivity contribution in [2.75, 3.05) is 12.3 Å². The number of nitrogens with zero attached hydrogens (tertiary/aromatic N) is 2. The van der Waals surface area contributed by atoms with Gasteiger partial charge in [0.1, 0.15) is 11.6 Å². The monoisotopic (exact) mass is 231 g/mol. The van der Waals surface area contributed by atoms with Crippen LogP contribution in [0.15, 0.2) is 41.5 Å². The van der Waals surface area contributed by atoms with Crippen molar-refractivity contribution in [3.8, 4) is 11.6 Å². The van der Waals surface area contributed by atoms with Crippen LogP contribution in [-0.2, 0) is 0 Å². The van der Waals surface area contributed by atoms with Gasteiger partial charge in [-0.2, -0.15) is 0 Å². The Bertz CT molecular complexity index is 561. The molecule has 0 saturated heterocycles. The van der Waals surface area contributed by atoms with Gasteiger partial charge in [0.15, 0.2) is 0 Å². The van der Waals surface area contributed by atoms with Gasteiger partial charge in [-0.15, -0.1) is 0 Å². The van der Waals surface area contributed by atoms with E-state index in [2.05, 4.69) is 4.98 Å². The highest BCUT2D eigenvalue weighted by molar-refractivity contribution is 5.38. The maximum atomic E-state index is 11.7. The number of pyridine rings is 2. The zero-order valence-electron chi connectivity index (χ0n) is 9.46. The average Bonchev–Trinajstić information content (AvgIpc) is 2.34. The quantitative estimate of drug-likeness (QED) is 0.862. The zero-order chi connectivity index (χ0) is 12.3. The minimum absolute atomic E-state index is 0.197. The number of hydrogen-bond acceptors (Lipinski definition) is 4. The van der Waals surface area contributed by atoms with E-state index >= 15 is 0 Å². The maximum absolute atomic E-state index is 11.7. The smallest absolute Gasteiger partial charge is 0.279 e. The molecule has 88 valence electrons. The number of anilines is 1. The van der Waals surface area contributed by atoms with Gasteiger partial charge >= 0.3 is 0 Å². The predicted octanol–water partition coefficient (Wildman–Crippen LogP) is 1.21. The summed E-state index contributed by atoms with van der Waals surface area (Å²) < 4.78 is 6.67. The Morgan fingerprint density at radius 2 is 2.24 bits per heavy atom. The third-order valence-corrected chi connectivity index (χ3v) is 2.26. The van der Waals surface area contributed by atoms with E-state index in [0.717, 1.165) is 0 Å². The van der Waals surface area contributed by atoms with Crippen molar-refractivity contribution >= 4 is 5.69 Å². The zero-order valence-corrected chi connectivity index (χ0v) is 9.46. The van der Waals surface area contributed by atoms with Gasteiger partial charge in [-0.1, -0.05) is 0 Å². The van der Waals surface area contributed by atoms with Crippen molar-refractivity contribution in [2.45, 2.75) is 6.92 Å². The summed E-state index contributed by atoms with van der Waals surface area (Å²) in [4.78, 5) is 15.9. The first-order valence-corrected chi connectivity index (χ1v) is 5.28. The lowest BCUT2D eigenvalue weighted by molar-refractivity contribution is 0.339. The summed E-state index contributed by atoms with van der Waals surface area (Å²) in [6, 6.07) is 6.75. The largest absolute Gasteiger partial charge is 0.492 e. The van der Waals surface area contributed by atoms with Crippen LogP contribution in [0.25, 0.3) is 5.82 Å². The summed E-state index contributed by atoms with van der Waals surface area (Å²) in [5, 5.41) is 0. The fourth-order valence-electron chi connectivity index (χ4n) is 1.46. The number of nitrogens with two attached hydrogens (primary N) is 1. The topological polar surface area (TPSA) is 70.1 Å². The summed E-state index contributed by atoms with van der Waals surface area (Å²) in [5.74, 6) is 1.19. The van der Waals surface area contributed by atoms with Crippen LogP contribution < -0.4 is 16.0 Å². The van der Waals surface area contributed by atoms with E-state index in [0.29, 0.717) is 18.2 Å². The van der Waals surface area contributed by atoms with Crippen LogP contribution in [-0.4, -0.2) is 16.2 Å². The lowest BCUT2D eigenvalue weighted by Crippen LogP contribution is -2.21. The van der Waals surface area contributed by atoms with E-state index in [1.807, 2.05) is 6.92 Å². The first kappa shape index (κ1) is 11.2. The number of aromatic nitrogens is 2. The van der Waals surface area contributed by atoms with Crippen molar-refractivity contribution in [1.29, 1.82) is 0 Å². The minimum atomic E-state index is -0.274. The van der Waals surface area contributed by atoms with Crippen LogP contribution in [0.3, 0.4) is 0 Å². The highest BCUT2D eigenvalue weighted by atomic mass is 16.5. The molecule has 0 aromatic carbocycles. The van der Waals surface area contributed by atoms with E-state index in [1.165, 1.54) is 4.57 Å². The van der Waals surface area contributed by atoms with Gasteiger partial charge in [0.05, 0.1) is 18.5 Å². The second kappa shape index (κ2) is 4.69. The lowest BCUT2D eigenvalue weighted by Gasteiger charge is -2.06. The van der Waals surface area contributed by atoms with Gasteiger partial charge in [-0.25, -0.2) is 4.98 Å². The molecule has 0 fully saturated rings. The Morgan fingerprint density at radius 1 is 1.41 bits per heavy atom. The summed E-state index contributed by atoms with van der Waals surface area (Å²) in [7, 11) is 0. The molecule has 0 saturated carbocycles. The van der Waals surface area contributed by atoms with Crippen molar-refractivity contribution in [2.24, 2.45) is 0 Å². The maximum Gasteiger partial charge on any atom is 0.279 e. The molecule has 0 radical (unpaired) electrons. The molecule has 5 heteroatoms. The van der Waals surface area contributed by atoms with Crippen LogP contribution in [0.4, 0.5) is 5.69 Å². The van der Waals surface area contributed by atoms with Crippen molar-refractivity contribution < 1.29 is 4.74 Å². The molecule has 2 N–H and O–H groups in total. The minimum Gasteiger partial charge on any atom is -0.492 e. The van der Waals surface area contributed by atoms with Crippen LogP contribution >= 0.6 is 0 Å². The Kier molecular flexibility index (Phi) is 3.09. The van der Waals surface area contributed by atoms with Gasteiger partial charge < -0.3 is 10.5 Å².